The Labute approximate surface area is 93.3 Å². The first-order valence-electron chi connectivity index (χ1n) is 4.83. The highest BCUT2D eigenvalue weighted by molar-refractivity contribution is 6.74. The SMILES string of the molecule is CC(Cl)[C@H](C#N)O[Si](C)(C)C(C)(C)C. The maximum Gasteiger partial charge on any atom is 0.193 e. The molecule has 0 saturated carbocycles. The third-order valence-electron chi connectivity index (χ3n) is 2.77. The van der Waals surface area contributed by atoms with E-state index in [0.717, 1.165) is 0 Å². The van der Waals surface area contributed by atoms with Crippen LogP contribution in [0.25, 0.3) is 0 Å². The lowest BCUT2D eigenvalue weighted by Gasteiger charge is -2.38. The van der Waals surface area contributed by atoms with E-state index in [-0.39, 0.29) is 10.4 Å². The minimum atomic E-state index is -1.86. The van der Waals surface area contributed by atoms with Crippen molar-refractivity contribution in [3.63, 3.8) is 0 Å². The van der Waals surface area contributed by atoms with Crippen LogP contribution in [-0.4, -0.2) is 19.8 Å². The van der Waals surface area contributed by atoms with E-state index in [9.17, 15) is 0 Å². The molecular weight excluding hydrogens is 214 g/mol. The summed E-state index contributed by atoms with van der Waals surface area (Å²) in [6.07, 6.45) is -0.488. The summed E-state index contributed by atoms with van der Waals surface area (Å²) in [5.74, 6) is 0. The first-order chi connectivity index (χ1) is 6.12. The molecule has 0 saturated heterocycles. The van der Waals surface area contributed by atoms with Crippen LogP contribution in [0.1, 0.15) is 27.7 Å². The second-order valence-corrected chi connectivity index (χ2v) is 10.6. The molecule has 0 amide bonds. The summed E-state index contributed by atoms with van der Waals surface area (Å²) in [7, 11) is -1.86. The Hall–Kier alpha value is -0.0431. The maximum atomic E-state index is 8.89. The van der Waals surface area contributed by atoms with Crippen molar-refractivity contribution in [3.05, 3.63) is 0 Å². The molecule has 0 N–H and O–H groups in total. The van der Waals surface area contributed by atoms with E-state index in [1.165, 1.54) is 0 Å². The van der Waals surface area contributed by atoms with Crippen LogP contribution in [0, 0.1) is 11.3 Å². The second kappa shape index (κ2) is 4.65. The van der Waals surface area contributed by atoms with Gasteiger partial charge in [0.25, 0.3) is 0 Å². The lowest BCUT2D eigenvalue weighted by Crippen LogP contribution is -2.45. The van der Waals surface area contributed by atoms with Crippen molar-refractivity contribution in [2.45, 2.75) is 57.3 Å². The van der Waals surface area contributed by atoms with E-state index >= 15 is 0 Å². The zero-order valence-electron chi connectivity index (χ0n) is 9.89. The molecule has 0 aliphatic carbocycles. The minimum absolute atomic E-state index is 0.119. The van der Waals surface area contributed by atoms with Crippen molar-refractivity contribution < 1.29 is 4.43 Å². The van der Waals surface area contributed by atoms with Crippen LogP contribution in [0.15, 0.2) is 0 Å². The molecule has 0 aliphatic heterocycles. The van der Waals surface area contributed by atoms with E-state index in [0.29, 0.717) is 0 Å². The molecule has 14 heavy (non-hydrogen) atoms. The lowest BCUT2D eigenvalue weighted by molar-refractivity contribution is 0.230. The van der Waals surface area contributed by atoms with Gasteiger partial charge in [-0.3, -0.25) is 0 Å². The Bertz CT molecular complexity index is 227. The fourth-order valence-corrected chi connectivity index (χ4v) is 2.16. The monoisotopic (exact) mass is 233 g/mol. The van der Waals surface area contributed by atoms with Crippen molar-refractivity contribution in [1.82, 2.24) is 0 Å². The standard InChI is InChI=1S/C10H20ClNOSi/c1-8(11)9(7-12)13-14(5,6)10(2,3)4/h8-9H,1-6H3/t8?,9-/m0/s1. The average Bonchev–Trinajstić information content (AvgIpc) is 1.97. The highest BCUT2D eigenvalue weighted by Gasteiger charge is 2.40. The van der Waals surface area contributed by atoms with Crippen LogP contribution < -0.4 is 0 Å². The highest BCUT2D eigenvalue weighted by Crippen LogP contribution is 2.37. The van der Waals surface area contributed by atoms with Gasteiger partial charge >= 0.3 is 0 Å². The van der Waals surface area contributed by atoms with Gasteiger partial charge < -0.3 is 4.43 Å². The molecule has 82 valence electrons. The van der Waals surface area contributed by atoms with Crippen LogP contribution in [0.2, 0.25) is 18.1 Å². The van der Waals surface area contributed by atoms with Gasteiger partial charge in [-0.1, -0.05) is 20.8 Å². The van der Waals surface area contributed by atoms with Gasteiger partial charge in [-0.05, 0) is 25.1 Å². The summed E-state index contributed by atoms with van der Waals surface area (Å²) < 4.78 is 5.86. The highest BCUT2D eigenvalue weighted by atomic mass is 35.5. The van der Waals surface area contributed by atoms with Crippen LogP contribution in [-0.2, 0) is 4.43 Å². The Morgan fingerprint density at radius 1 is 1.36 bits per heavy atom. The summed E-state index contributed by atoms with van der Waals surface area (Å²) in [5, 5.41) is 8.75. The Morgan fingerprint density at radius 3 is 2.00 bits per heavy atom. The summed E-state index contributed by atoms with van der Waals surface area (Å²) in [6, 6.07) is 2.11. The smallest absolute Gasteiger partial charge is 0.193 e. The molecule has 0 aromatic heterocycles. The number of nitriles is 1. The van der Waals surface area contributed by atoms with Gasteiger partial charge in [0.2, 0.25) is 0 Å². The number of nitrogens with zero attached hydrogens (tertiary/aromatic N) is 1. The zero-order valence-corrected chi connectivity index (χ0v) is 11.6. The first kappa shape index (κ1) is 14.0. The number of halogens is 1. The zero-order chi connectivity index (χ0) is 11.6. The fraction of sp³-hybridized carbons (Fsp3) is 0.900. The molecular formula is C10H20ClNOSi. The Balaban J connectivity index is 4.59. The second-order valence-electron chi connectivity index (χ2n) is 5.11. The van der Waals surface area contributed by atoms with Gasteiger partial charge in [0.05, 0.1) is 11.4 Å². The van der Waals surface area contributed by atoms with Gasteiger partial charge in [-0.25, -0.2) is 0 Å². The summed E-state index contributed by atoms with van der Waals surface area (Å²) >= 11 is 5.87. The van der Waals surface area contributed by atoms with Crippen molar-refractivity contribution in [2.24, 2.45) is 0 Å². The molecule has 2 nitrogen and oxygen atoms in total. The van der Waals surface area contributed by atoms with Gasteiger partial charge in [0, 0.05) is 0 Å². The topological polar surface area (TPSA) is 33.0 Å². The molecule has 0 rings (SSSR count). The Morgan fingerprint density at radius 2 is 1.79 bits per heavy atom. The van der Waals surface area contributed by atoms with E-state index in [2.05, 4.69) is 39.9 Å². The molecule has 0 heterocycles. The van der Waals surface area contributed by atoms with Crippen LogP contribution in [0.3, 0.4) is 0 Å². The number of hydrogen-bond donors (Lipinski definition) is 0. The lowest BCUT2D eigenvalue weighted by atomic mass is 10.2. The van der Waals surface area contributed by atoms with E-state index in [4.69, 9.17) is 21.3 Å². The predicted octanol–water partition coefficient (Wildman–Crippen LogP) is 3.53. The average molecular weight is 234 g/mol. The van der Waals surface area contributed by atoms with Gasteiger partial charge in [0.15, 0.2) is 8.32 Å². The largest absolute Gasteiger partial charge is 0.400 e. The van der Waals surface area contributed by atoms with Gasteiger partial charge in [-0.2, -0.15) is 5.26 Å². The molecule has 0 aliphatic rings. The van der Waals surface area contributed by atoms with Crippen molar-refractivity contribution in [3.8, 4) is 6.07 Å². The molecule has 1 unspecified atom stereocenters. The summed E-state index contributed by atoms with van der Waals surface area (Å²) in [6.45, 7) is 12.5. The van der Waals surface area contributed by atoms with Crippen LogP contribution in [0.4, 0.5) is 0 Å². The third-order valence-corrected chi connectivity index (χ3v) is 7.46. The van der Waals surface area contributed by atoms with Crippen molar-refractivity contribution in [1.29, 1.82) is 5.26 Å². The van der Waals surface area contributed by atoms with Crippen molar-refractivity contribution >= 4 is 19.9 Å². The molecule has 0 spiro atoms. The molecule has 0 aromatic rings. The van der Waals surface area contributed by atoms with Gasteiger partial charge in [0.1, 0.15) is 6.10 Å². The number of hydrogen-bond acceptors (Lipinski definition) is 2. The number of alkyl halides is 1. The van der Waals surface area contributed by atoms with Crippen LogP contribution in [0.5, 0.6) is 0 Å². The van der Waals surface area contributed by atoms with E-state index in [1.807, 2.05) is 0 Å². The molecule has 2 atom stereocenters. The van der Waals surface area contributed by atoms with Crippen molar-refractivity contribution in [2.75, 3.05) is 0 Å². The molecule has 0 aromatic carbocycles. The third kappa shape index (κ3) is 3.60. The predicted molar refractivity (Wildman–Crippen MR) is 63.0 cm³/mol. The quantitative estimate of drug-likeness (QED) is 0.552. The molecule has 4 heteroatoms. The normalized spacial score (nSPS) is 17.3. The first-order valence-corrected chi connectivity index (χ1v) is 8.18. The van der Waals surface area contributed by atoms with E-state index in [1.54, 1.807) is 6.92 Å². The summed E-state index contributed by atoms with van der Waals surface area (Å²) in [4.78, 5) is 0. The fourth-order valence-electron chi connectivity index (χ4n) is 0.717. The maximum absolute atomic E-state index is 8.89. The Kier molecular flexibility index (Phi) is 4.64. The summed E-state index contributed by atoms with van der Waals surface area (Å²) in [5.41, 5.74) is 0. The molecule has 0 radical (unpaired) electrons. The van der Waals surface area contributed by atoms with E-state index < -0.39 is 14.4 Å². The number of rotatable bonds is 3. The van der Waals surface area contributed by atoms with Gasteiger partial charge in [-0.15, -0.1) is 11.6 Å². The minimum Gasteiger partial charge on any atom is -0.400 e. The van der Waals surface area contributed by atoms with Crippen LogP contribution >= 0.6 is 11.6 Å². The molecule has 0 bridgehead atoms. The molecule has 0 fully saturated rings.